The molecule has 1 aliphatic rings. The van der Waals surface area contributed by atoms with E-state index in [0.29, 0.717) is 16.3 Å². The average Bonchev–Trinajstić information content (AvgIpc) is 2.86. The molecule has 1 saturated heterocycles. The van der Waals surface area contributed by atoms with E-state index in [0.717, 1.165) is 37.3 Å². The molecule has 0 saturated carbocycles. The number of H-pyrrole nitrogens is 1. The van der Waals surface area contributed by atoms with Crippen molar-refractivity contribution in [1.82, 2.24) is 4.98 Å². The zero-order chi connectivity index (χ0) is 14.8. The lowest BCUT2D eigenvalue weighted by Crippen LogP contribution is -2.30. The molecule has 0 spiro atoms. The van der Waals surface area contributed by atoms with E-state index < -0.39 is 0 Å². The predicted octanol–water partition coefficient (Wildman–Crippen LogP) is 3.49. The molecule has 5 nitrogen and oxygen atoms in total. The van der Waals surface area contributed by atoms with E-state index in [2.05, 4.69) is 10.3 Å². The summed E-state index contributed by atoms with van der Waals surface area (Å²) in [4.78, 5) is 15.6. The van der Waals surface area contributed by atoms with Gasteiger partial charge in [0.25, 0.3) is 4.84 Å². The number of nitrogens with one attached hydrogen (secondary N) is 2. The average molecular weight is 306 g/mol. The molecule has 3 rings (SSSR count). The van der Waals surface area contributed by atoms with Crippen molar-refractivity contribution >= 4 is 34.9 Å². The van der Waals surface area contributed by atoms with Crippen LogP contribution in [-0.2, 0) is 9.53 Å². The van der Waals surface area contributed by atoms with Crippen molar-refractivity contribution in [2.45, 2.75) is 19.8 Å². The van der Waals surface area contributed by atoms with Gasteiger partial charge in [-0.1, -0.05) is 6.92 Å². The van der Waals surface area contributed by atoms with Gasteiger partial charge in [-0.05, 0) is 43.1 Å². The minimum Gasteiger partial charge on any atom is -0.429 e. The van der Waals surface area contributed by atoms with Crippen LogP contribution in [0.4, 0.5) is 5.69 Å². The molecule has 1 aromatic carbocycles. The number of hydrogen-bond donors (Lipinski definition) is 2. The van der Waals surface area contributed by atoms with Gasteiger partial charge in [-0.3, -0.25) is 4.79 Å². The third kappa shape index (κ3) is 3.16. The van der Waals surface area contributed by atoms with Gasteiger partial charge in [-0.2, -0.15) is 0 Å². The number of oxazole rings is 1. The smallest absolute Gasteiger partial charge is 0.266 e. The lowest BCUT2D eigenvalue weighted by molar-refractivity contribution is -0.122. The molecule has 112 valence electrons. The summed E-state index contributed by atoms with van der Waals surface area (Å²) in [6, 6.07) is 5.48. The summed E-state index contributed by atoms with van der Waals surface area (Å²) in [5.41, 5.74) is 2.20. The van der Waals surface area contributed by atoms with Crippen LogP contribution in [0.2, 0.25) is 0 Å². The summed E-state index contributed by atoms with van der Waals surface area (Å²) in [7, 11) is 0. The highest BCUT2D eigenvalue weighted by Gasteiger charge is 2.26. The molecular weight excluding hydrogens is 288 g/mol. The van der Waals surface area contributed by atoms with Gasteiger partial charge in [0.15, 0.2) is 5.58 Å². The summed E-state index contributed by atoms with van der Waals surface area (Å²) < 4.78 is 10.7. The van der Waals surface area contributed by atoms with E-state index in [9.17, 15) is 4.79 Å². The Bertz CT molecular complexity index is 700. The molecule has 1 fully saturated rings. The van der Waals surface area contributed by atoms with Gasteiger partial charge in [-0.25, -0.2) is 0 Å². The van der Waals surface area contributed by atoms with Crippen molar-refractivity contribution in [3.05, 3.63) is 23.0 Å². The number of anilines is 1. The van der Waals surface area contributed by atoms with E-state index in [1.54, 1.807) is 6.07 Å². The topological polar surface area (TPSA) is 67.3 Å². The third-order valence-corrected chi connectivity index (χ3v) is 4.26. The fourth-order valence-corrected chi connectivity index (χ4v) is 2.91. The van der Waals surface area contributed by atoms with E-state index in [4.69, 9.17) is 21.4 Å². The van der Waals surface area contributed by atoms with Gasteiger partial charge in [0.1, 0.15) is 0 Å². The minimum absolute atomic E-state index is 0.0257. The van der Waals surface area contributed by atoms with Crippen molar-refractivity contribution in [1.29, 1.82) is 0 Å². The first kappa shape index (κ1) is 14.3. The van der Waals surface area contributed by atoms with Crippen molar-refractivity contribution < 1.29 is 13.9 Å². The molecule has 2 heterocycles. The molecule has 0 bridgehead atoms. The fourth-order valence-electron chi connectivity index (χ4n) is 2.71. The molecule has 2 aromatic rings. The van der Waals surface area contributed by atoms with E-state index >= 15 is 0 Å². The van der Waals surface area contributed by atoms with Crippen LogP contribution in [0.5, 0.6) is 0 Å². The monoisotopic (exact) mass is 306 g/mol. The zero-order valence-corrected chi connectivity index (χ0v) is 12.7. The molecule has 1 amide bonds. The Morgan fingerprint density at radius 3 is 2.95 bits per heavy atom. The van der Waals surface area contributed by atoms with Crippen LogP contribution in [0.1, 0.15) is 19.8 Å². The molecule has 0 aliphatic carbocycles. The molecular formula is C15H18N2O3S. The first-order valence-electron chi connectivity index (χ1n) is 7.15. The first-order chi connectivity index (χ1) is 10.1. The van der Waals surface area contributed by atoms with Crippen molar-refractivity contribution in [3.8, 4) is 0 Å². The van der Waals surface area contributed by atoms with Crippen LogP contribution in [0.3, 0.4) is 0 Å². The van der Waals surface area contributed by atoms with Gasteiger partial charge in [0.05, 0.1) is 5.52 Å². The standard InChI is InChI=1S/C15H18N2O3S/c1-9(10-4-6-19-7-5-10)14(18)16-11-2-3-12-13(8-11)20-15(21)17-12/h2-3,8-10H,4-7H2,1H3,(H,16,18)(H,17,21). The Hall–Kier alpha value is -1.66. The molecule has 0 radical (unpaired) electrons. The number of hydrogen-bond acceptors (Lipinski definition) is 4. The fraction of sp³-hybridized carbons (Fsp3) is 0.467. The number of aromatic nitrogens is 1. The van der Waals surface area contributed by atoms with E-state index in [1.165, 1.54) is 0 Å². The Kier molecular flexibility index (Phi) is 4.07. The predicted molar refractivity (Wildman–Crippen MR) is 82.7 cm³/mol. The molecule has 1 atom stereocenters. The maximum atomic E-state index is 12.3. The van der Waals surface area contributed by atoms with Crippen LogP contribution in [-0.4, -0.2) is 24.1 Å². The number of amides is 1. The summed E-state index contributed by atoms with van der Waals surface area (Å²) in [6.07, 6.45) is 1.89. The van der Waals surface area contributed by atoms with Crippen LogP contribution >= 0.6 is 12.2 Å². The number of carbonyl (C=O) groups is 1. The largest absolute Gasteiger partial charge is 0.429 e. The van der Waals surface area contributed by atoms with Crippen LogP contribution in [0, 0.1) is 16.7 Å². The van der Waals surface area contributed by atoms with Gasteiger partial charge < -0.3 is 19.5 Å². The Balaban J connectivity index is 1.71. The Morgan fingerprint density at radius 1 is 1.43 bits per heavy atom. The van der Waals surface area contributed by atoms with Gasteiger partial charge in [0, 0.05) is 30.9 Å². The number of benzene rings is 1. The number of ether oxygens (including phenoxy) is 1. The number of carbonyl (C=O) groups excluding carboxylic acids is 1. The maximum absolute atomic E-state index is 12.3. The molecule has 6 heteroatoms. The van der Waals surface area contributed by atoms with Crippen molar-refractivity contribution in [2.24, 2.45) is 11.8 Å². The molecule has 1 aromatic heterocycles. The summed E-state index contributed by atoms with van der Waals surface area (Å²) >= 11 is 4.95. The normalized spacial score (nSPS) is 17.8. The quantitative estimate of drug-likeness (QED) is 0.852. The zero-order valence-electron chi connectivity index (χ0n) is 11.8. The second-order valence-electron chi connectivity index (χ2n) is 5.45. The SMILES string of the molecule is CC(C(=O)Nc1ccc2[nH]c(=S)oc2c1)C1CCOCC1. The van der Waals surface area contributed by atoms with Crippen LogP contribution in [0.15, 0.2) is 22.6 Å². The Morgan fingerprint density at radius 2 is 2.19 bits per heavy atom. The highest BCUT2D eigenvalue weighted by atomic mass is 32.1. The van der Waals surface area contributed by atoms with Crippen molar-refractivity contribution in [2.75, 3.05) is 18.5 Å². The van der Waals surface area contributed by atoms with Gasteiger partial charge in [0.2, 0.25) is 5.91 Å². The summed E-state index contributed by atoms with van der Waals surface area (Å²) in [5.74, 6) is 0.399. The van der Waals surface area contributed by atoms with E-state index in [1.807, 2.05) is 19.1 Å². The number of fused-ring (bicyclic) bond motifs is 1. The second-order valence-corrected chi connectivity index (χ2v) is 5.82. The van der Waals surface area contributed by atoms with Gasteiger partial charge in [-0.15, -0.1) is 0 Å². The molecule has 2 N–H and O–H groups in total. The highest BCUT2D eigenvalue weighted by Crippen LogP contribution is 2.25. The van der Waals surface area contributed by atoms with Gasteiger partial charge >= 0.3 is 0 Å². The van der Waals surface area contributed by atoms with E-state index in [-0.39, 0.29) is 11.8 Å². The maximum Gasteiger partial charge on any atom is 0.266 e. The second kappa shape index (κ2) is 5.99. The van der Waals surface area contributed by atoms with Crippen LogP contribution < -0.4 is 5.32 Å². The minimum atomic E-state index is -0.0257. The number of rotatable bonds is 3. The lowest BCUT2D eigenvalue weighted by Gasteiger charge is -2.26. The summed E-state index contributed by atoms with van der Waals surface area (Å²) in [5, 5.41) is 2.95. The highest BCUT2D eigenvalue weighted by molar-refractivity contribution is 7.71. The first-order valence-corrected chi connectivity index (χ1v) is 7.56. The number of aromatic amines is 1. The third-order valence-electron chi connectivity index (χ3n) is 4.08. The van der Waals surface area contributed by atoms with Crippen LogP contribution in [0.25, 0.3) is 11.1 Å². The molecule has 1 aliphatic heterocycles. The van der Waals surface area contributed by atoms with Crippen molar-refractivity contribution in [3.63, 3.8) is 0 Å². The lowest BCUT2D eigenvalue weighted by atomic mass is 9.87. The molecule has 1 unspecified atom stereocenters. The summed E-state index contributed by atoms with van der Waals surface area (Å²) in [6.45, 7) is 3.47. The molecule has 21 heavy (non-hydrogen) atoms. The Labute approximate surface area is 127 Å².